The van der Waals surface area contributed by atoms with E-state index in [2.05, 4.69) is 5.32 Å². The summed E-state index contributed by atoms with van der Waals surface area (Å²) in [7, 11) is 0. The van der Waals surface area contributed by atoms with Crippen molar-refractivity contribution in [2.75, 3.05) is 5.32 Å². The van der Waals surface area contributed by atoms with Crippen LogP contribution in [-0.4, -0.2) is 11.1 Å². The van der Waals surface area contributed by atoms with E-state index in [4.69, 9.17) is 28.3 Å². The number of halogens is 2. The van der Waals surface area contributed by atoms with Gasteiger partial charge in [-0.15, -0.1) is 0 Å². The van der Waals surface area contributed by atoms with Gasteiger partial charge in [0.05, 0.1) is 22.0 Å². The van der Waals surface area contributed by atoms with Crippen LogP contribution in [0.25, 0.3) is 0 Å². The van der Waals surface area contributed by atoms with Crippen LogP contribution in [-0.2, 0) is 0 Å². The lowest BCUT2D eigenvalue weighted by Gasteiger charge is -2.13. The number of para-hydroxylation sites is 1. The molecule has 98 valence electrons. The van der Waals surface area contributed by atoms with Crippen LogP contribution in [0.2, 0.25) is 10.0 Å². The number of aromatic carboxylic acids is 1. The van der Waals surface area contributed by atoms with Gasteiger partial charge in [0.15, 0.2) is 0 Å². The van der Waals surface area contributed by atoms with Crippen LogP contribution in [0.1, 0.15) is 15.9 Å². The molecule has 0 fully saturated rings. The number of carboxylic acids is 1. The molecule has 0 aliphatic carbocycles. The van der Waals surface area contributed by atoms with E-state index in [1.165, 1.54) is 6.07 Å². The first-order valence-electron chi connectivity index (χ1n) is 5.54. The van der Waals surface area contributed by atoms with Crippen molar-refractivity contribution in [1.82, 2.24) is 0 Å². The van der Waals surface area contributed by atoms with Gasteiger partial charge in [-0.3, -0.25) is 0 Å². The second-order valence-corrected chi connectivity index (χ2v) is 4.79. The summed E-state index contributed by atoms with van der Waals surface area (Å²) in [5.74, 6) is -0.995. The molecule has 0 unspecified atom stereocenters. The van der Waals surface area contributed by atoms with Crippen LogP contribution < -0.4 is 5.32 Å². The van der Waals surface area contributed by atoms with Crippen molar-refractivity contribution in [3.63, 3.8) is 0 Å². The standard InChI is InChI=1S/C14H11Cl2NO2/c1-8-10(15)6-7-12(13(8)16)17-11-5-3-2-4-9(11)14(18)19/h2-7,17H,1H3,(H,18,19). The molecule has 0 radical (unpaired) electrons. The number of hydrogen-bond donors (Lipinski definition) is 2. The third-order valence-electron chi connectivity index (χ3n) is 2.75. The van der Waals surface area contributed by atoms with Crippen LogP contribution in [0.4, 0.5) is 11.4 Å². The van der Waals surface area contributed by atoms with E-state index in [0.29, 0.717) is 21.4 Å². The molecule has 0 aliphatic rings. The van der Waals surface area contributed by atoms with Gasteiger partial charge in [0.2, 0.25) is 0 Å². The van der Waals surface area contributed by atoms with Crippen molar-refractivity contribution in [2.45, 2.75) is 6.92 Å². The van der Waals surface area contributed by atoms with Gasteiger partial charge in [-0.1, -0.05) is 35.3 Å². The van der Waals surface area contributed by atoms with Gasteiger partial charge in [-0.05, 0) is 36.8 Å². The van der Waals surface area contributed by atoms with Gasteiger partial charge in [0.25, 0.3) is 0 Å². The number of hydrogen-bond acceptors (Lipinski definition) is 2. The van der Waals surface area contributed by atoms with E-state index in [9.17, 15) is 4.79 Å². The van der Waals surface area contributed by atoms with Crippen molar-refractivity contribution in [1.29, 1.82) is 0 Å². The highest BCUT2D eigenvalue weighted by Crippen LogP contribution is 2.33. The van der Waals surface area contributed by atoms with Gasteiger partial charge in [0, 0.05) is 5.02 Å². The highest BCUT2D eigenvalue weighted by atomic mass is 35.5. The zero-order chi connectivity index (χ0) is 14.0. The van der Waals surface area contributed by atoms with Crippen molar-refractivity contribution < 1.29 is 9.90 Å². The molecule has 0 aromatic heterocycles. The maximum atomic E-state index is 11.1. The molecule has 0 bridgehead atoms. The van der Waals surface area contributed by atoms with Gasteiger partial charge in [-0.25, -0.2) is 4.79 Å². The molecule has 2 aromatic carbocycles. The van der Waals surface area contributed by atoms with Crippen LogP contribution in [0, 0.1) is 6.92 Å². The fourth-order valence-electron chi connectivity index (χ4n) is 1.68. The Kier molecular flexibility index (Phi) is 3.98. The Morgan fingerprint density at radius 1 is 1.11 bits per heavy atom. The molecule has 2 aromatic rings. The molecule has 0 heterocycles. The fraction of sp³-hybridized carbons (Fsp3) is 0.0714. The van der Waals surface area contributed by atoms with E-state index in [-0.39, 0.29) is 5.56 Å². The second kappa shape index (κ2) is 5.51. The Labute approximate surface area is 120 Å². The lowest BCUT2D eigenvalue weighted by molar-refractivity contribution is 0.0698. The maximum absolute atomic E-state index is 11.1. The topological polar surface area (TPSA) is 49.3 Å². The Bertz CT molecular complexity index is 641. The zero-order valence-corrected chi connectivity index (χ0v) is 11.6. The molecule has 2 rings (SSSR count). The molecule has 5 heteroatoms. The number of carboxylic acid groups (broad SMARTS) is 1. The summed E-state index contributed by atoms with van der Waals surface area (Å²) in [6.45, 7) is 1.80. The molecule has 2 N–H and O–H groups in total. The lowest BCUT2D eigenvalue weighted by atomic mass is 10.1. The van der Waals surface area contributed by atoms with E-state index in [1.54, 1.807) is 37.3 Å². The second-order valence-electron chi connectivity index (χ2n) is 4.01. The highest BCUT2D eigenvalue weighted by molar-refractivity contribution is 6.37. The van der Waals surface area contributed by atoms with Crippen molar-refractivity contribution >= 4 is 40.5 Å². The van der Waals surface area contributed by atoms with E-state index >= 15 is 0 Å². The number of carbonyl (C=O) groups is 1. The predicted molar refractivity (Wildman–Crippen MR) is 77.9 cm³/mol. The lowest BCUT2D eigenvalue weighted by Crippen LogP contribution is -2.02. The molecule has 0 atom stereocenters. The Hall–Kier alpha value is -1.71. The van der Waals surface area contributed by atoms with E-state index < -0.39 is 5.97 Å². The summed E-state index contributed by atoms with van der Waals surface area (Å²) in [5, 5.41) is 13.2. The smallest absolute Gasteiger partial charge is 0.337 e. The van der Waals surface area contributed by atoms with Gasteiger partial charge in [0.1, 0.15) is 0 Å². The van der Waals surface area contributed by atoms with Gasteiger partial charge >= 0.3 is 5.97 Å². The summed E-state index contributed by atoms with van der Waals surface area (Å²) >= 11 is 12.2. The first-order chi connectivity index (χ1) is 9.00. The quantitative estimate of drug-likeness (QED) is 0.859. The minimum atomic E-state index is -0.995. The summed E-state index contributed by atoms with van der Waals surface area (Å²) in [6.07, 6.45) is 0. The Morgan fingerprint density at radius 2 is 1.79 bits per heavy atom. The number of anilines is 2. The van der Waals surface area contributed by atoms with Crippen molar-refractivity contribution in [3.05, 3.63) is 57.6 Å². The fourth-order valence-corrected chi connectivity index (χ4v) is 2.10. The monoisotopic (exact) mass is 295 g/mol. The SMILES string of the molecule is Cc1c(Cl)ccc(Nc2ccccc2C(=O)O)c1Cl. The number of rotatable bonds is 3. The molecular formula is C14H11Cl2NO2. The minimum absolute atomic E-state index is 0.186. The van der Waals surface area contributed by atoms with Crippen LogP contribution in [0.5, 0.6) is 0 Å². The summed E-state index contributed by atoms with van der Waals surface area (Å²) in [5.41, 5.74) is 2.04. The molecule has 0 saturated heterocycles. The van der Waals surface area contributed by atoms with Crippen LogP contribution in [0.3, 0.4) is 0 Å². The maximum Gasteiger partial charge on any atom is 0.337 e. The van der Waals surface area contributed by atoms with Gasteiger partial charge in [-0.2, -0.15) is 0 Å². The van der Waals surface area contributed by atoms with Crippen LogP contribution in [0.15, 0.2) is 36.4 Å². The molecule has 0 spiro atoms. The normalized spacial score (nSPS) is 10.3. The highest BCUT2D eigenvalue weighted by Gasteiger charge is 2.12. The molecule has 19 heavy (non-hydrogen) atoms. The number of nitrogens with one attached hydrogen (secondary N) is 1. The van der Waals surface area contributed by atoms with E-state index in [1.807, 2.05) is 0 Å². The number of benzene rings is 2. The first-order valence-corrected chi connectivity index (χ1v) is 6.30. The Morgan fingerprint density at radius 3 is 2.47 bits per heavy atom. The Balaban J connectivity index is 2.42. The molecule has 3 nitrogen and oxygen atoms in total. The van der Waals surface area contributed by atoms with Crippen LogP contribution >= 0.6 is 23.2 Å². The molecular weight excluding hydrogens is 285 g/mol. The predicted octanol–water partition coefficient (Wildman–Crippen LogP) is 4.74. The summed E-state index contributed by atoms with van der Waals surface area (Å²) in [4.78, 5) is 11.1. The summed E-state index contributed by atoms with van der Waals surface area (Å²) < 4.78 is 0. The van der Waals surface area contributed by atoms with Crippen molar-refractivity contribution in [3.8, 4) is 0 Å². The van der Waals surface area contributed by atoms with Gasteiger partial charge < -0.3 is 10.4 Å². The first kappa shape index (κ1) is 13.7. The molecule has 0 amide bonds. The van der Waals surface area contributed by atoms with Crippen molar-refractivity contribution in [2.24, 2.45) is 0 Å². The summed E-state index contributed by atoms with van der Waals surface area (Å²) in [6, 6.07) is 10.1. The average molecular weight is 296 g/mol. The minimum Gasteiger partial charge on any atom is -0.478 e. The molecule has 0 aliphatic heterocycles. The molecule has 0 saturated carbocycles. The largest absolute Gasteiger partial charge is 0.478 e. The van der Waals surface area contributed by atoms with E-state index in [0.717, 1.165) is 5.56 Å². The zero-order valence-electron chi connectivity index (χ0n) is 10.1. The average Bonchev–Trinajstić information content (AvgIpc) is 2.40. The third kappa shape index (κ3) is 2.83. The third-order valence-corrected chi connectivity index (χ3v) is 3.64.